The minimum atomic E-state index is -2.88. The Balaban J connectivity index is 1.79. The highest BCUT2D eigenvalue weighted by molar-refractivity contribution is 7.92. The molecule has 3 rings (SSSR count). The lowest BCUT2D eigenvalue weighted by molar-refractivity contribution is 0.219. The van der Waals surface area contributed by atoms with E-state index in [1.807, 2.05) is 18.2 Å². The maximum atomic E-state index is 11.2. The number of hydrogen-bond donors (Lipinski definition) is 1. The molecular weight excluding hydrogens is 290 g/mol. The normalized spacial score (nSPS) is 28.1. The molecule has 2 aliphatic heterocycles. The minimum absolute atomic E-state index is 0.0222. The maximum Gasteiger partial charge on any atom is 0.161 e. The van der Waals surface area contributed by atoms with Gasteiger partial charge in [-0.25, -0.2) is 8.42 Å². The van der Waals surface area contributed by atoms with Crippen LogP contribution in [-0.4, -0.2) is 39.7 Å². The summed E-state index contributed by atoms with van der Waals surface area (Å²) in [6.07, 6.45) is 2.00. The summed E-state index contributed by atoms with van der Waals surface area (Å²) in [6.45, 7) is 3.21. The Hall–Kier alpha value is -1.27. The largest absolute Gasteiger partial charge is 0.493 e. The average Bonchev–Trinajstić information content (AvgIpc) is 2.85. The van der Waals surface area contributed by atoms with E-state index < -0.39 is 9.84 Å². The molecule has 5 nitrogen and oxygen atoms in total. The second-order valence-corrected chi connectivity index (χ2v) is 8.20. The number of ether oxygens (including phenoxy) is 2. The van der Waals surface area contributed by atoms with Crippen molar-refractivity contribution in [1.29, 1.82) is 0 Å². The first-order valence-corrected chi connectivity index (χ1v) is 9.05. The van der Waals surface area contributed by atoms with Gasteiger partial charge in [-0.1, -0.05) is 6.07 Å². The van der Waals surface area contributed by atoms with Crippen LogP contribution in [0, 0.1) is 0 Å². The highest BCUT2D eigenvalue weighted by Crippen LogP contribution is 2.37. The third-order valence-corrected chi connectivity index (χ3v) is 6.10. The van der Waals surface area contributed by atoms with Gasteiger partial charge < -0.3 is 14.8 Å². The molecule has 1 N–H and O–H groups in total. The van der Waals surface area contributed by atoms with Crippen LogP contribution < -0.4 is 14.8 Å². The smallest absolute Gasteiger partial charge is 0.161 e. The predicted molar refractivity (Wildman–Crippen MR) is 80.7 cm³/mol. The van der Waals surface area contributed by atoms with Gasteiger partial charge in [-0.05, 0) is 44.0 Å². The summed E-state index contributed by atoms with van der Waals surface area (Å²) in [5.74, 6) is 1.46. The zero-order valence-corrected chi connectivity index (χ0v) is 13.2. The predicted octanol–water partition coefficient (Wildman–Crippen LogP) is 1.47. The molecule has 1 aromatic carbocycles. The van der Waals surface area contributed by atoms with Crippen LogP contribution in [0.4, 0.5) is 0 Å². The van der Waals surface area contributed by atoms with Crippen LogP contribution in [0.3, 0.4) is 0 Å². The van der Waals surface area contributed by atoms with Crippen molar-refractivity contribution < 1.29 is 17.9 Å². The summed E-state index contributed by atoms with van der Waals surface area (Å²) in [7, 11) is -1.27. The molecule has 0 amide bonds. The summed E-state index contributed by atoms with van der Waals surface area (Å²) >= 11 is 0. The SMILES string of the molecule is COc1cc(C2(C)CCCN2)ccc1OC1CS(=O)(=O)C1. The van der Waals surface area contributed by atoms with E-state index in [4.69, 9.17) is 9.47 Å². The van der Waals surface area contributed by atoms with E-state index >= 15 is 0 Å². The van der Waals surface area contributed by atoms with Crippen LogP contribution in [0.1, 0.15) is 25.3 Å². The Bertz CT molecular complexity index is 623. The first kappa shape index (κ1) is 14.7. The zero-order valence-electron chi connectivity index (χ0n) is 12.4. The van der Waals surface area contributed by atoms with Gasteiger partial charge in [-0.15, -0.1) is 0 Å². The van der Waals surface area contributed by atoms with E-state index in [-0.39, 0.29) is 23.1 Å². The van der Waals surface area contributed by atoms with Crippen LogP contribution >= 0.6 is 0 Å². The van der Waals surface area contributed by atoms with Gasteiger partial charge in [-0.3, -0.25) is 0 Å². The standard InChI is InChI=1S/C15H21NO4S/c1-15(6-3-7-16-15)11-4-5-13(14(8-11)19-2)20-12-9-21(17,18)10-12/h4-5,8,12,16H,3,6-7,9-10H2,1-2H3. The summed E-state index contributed by atoms with van der Waals surface area (Å²) in [5, 5.41) is 3.52. The fourth-order valence-electron chi connectivity index (χ4n) is 3.01. The first-order valence-electron chi connectivity index (χ1n) is 7.22. The van der Waals surface area contributed by atoms with Gasteiger partial charge >= 0.3 is 0 Å². The molecule has 0 bridgehead atoms. The Morgan fingerprint density at radius 3 is 2.62 bits per heavy atom. The quantitative estimate of drug-likeness (QED) is 0.912. The molecule has 2 aliphatic rings. The molecule has 2 heterocycles. The van der Waals surface area contributed by atoms with E-state index in [0.717, 1.165) is 19.4 Å². The van der Waals surface area contributed by atoms with Crippen LogP contribution in [0.5, 0.6) is 11.5 Å². The molecule has 0 aromatic heterocycles. The van der Waals surface area contributed by atoms with Gasteiger partial charge in [0.15, 0.2) is 21.3 Å². The second kappa shape index (κ2) is 5.18. The lowest BCUT2D eigenvalue weighted by Gasteiger charge is -2.29. The van der Waals surface area contributed by atoms with Gasteiger partial charge in [-0.2, -0.15) is 0 Å². The number of nitrogens with one attached hydrogen (secondary N) is 1. The van der Waals surface area contributed by atoms with Crippen molar-refractivity contribution >= 4 is 9.84 Å². The number of sulfone groups is 1. The van der Waals surface area contributed by atoms with Crippen LogP contribution in [0.25, 0.3) is 0 Å². The van der Waals surface area contributed by atoms with E-state index in [9.17, 15) is 8.42 Å². The van der Waals surface area contributed by atoms with Crippen molar-refractivity contribution in [2.24, 2.45) is 0 Å². The molecule has 0 radical (unpaired) electrons. The maximum absolute atomic E-state index is 11.2. The summed E-state index contributed by atoms with van der Waals surface area (Å²) in [4.78, 5) is 0. The van der Waals surface area contributed by atoms with Gasteiger partial charge in [0.1, 0.15) is 6.10 Å². The average molecular weight is 311 g/mol. The second-order valence-electron chi connectivity index (χ2n) is 6.04. The first-order chi connectivity index (χ1) is 9.92. The van der Waals surface area contributed by atoms with E-state index in [0.29, 0.717) is 11.5 Å². The summed E-state index contributed by atoms with van der Waals surface area (Å²) in [5.41, 5.74) is 1.15. The molecule has 116 valence electrons. The molecule has 0 spiro atoms. The van der Waals surface area contributed by atoms with Crippen LogP contribution in [0.15, 0.2) is 18.2 Å². The van der Waals surface area contributed by atoms with Crippen LogP contribution in [0.2, 0.25) is 0 Å². The van der Waals surface area contributed by atoms with Crippen LogP contribution in [-0.2, 0) is 15.4 Å². The van der Waals surface area contributed by atoms with Crippen molar-refractivity contribution in [1.82, 2.24) is 5.32 Å². The van der Waals surface area contributed by atoms with E-state index in [1.54, 1.807) is 7.11 Å². The van der Waals surface area contributed by atoms with Crippen molar-refractivity contribution in [3.8, 4) is 11.5 Å². The van der Waals surface area contributed by atoms with Gasteiger partial charge in [0.25, 0.3) is 0 Å². The topological polar surface area (TPSA) is 64.6 Å². The summed E-state index contributed by atoms with van der Waals surface area (Å²) in [6, 6.07) is 5.90. The lowest BCUT2D eigenvalue weighted by atomic mass is 9.90. The molecule has 0 saturated carbocycles. The molecule has 2 saturated heterocycles. The molecule has 1 aromatic rings. The minimum Gasteiger partial charge on any atom is -0.493 e. The van der Waals surface area contributed by atoms with Crippen molar-refractivity contribution in [2.75, 3.05) is 25.2 Å². The molecule has 2 fully saturated rings. The van der Waals surface area contributed by atoms with Crippen molar-refractivity contribution in [2.45, 2.75) is 31.4 Å². The molecular formula is C15H21NO4S. The zero-order chi connectivity index (χ0) is 15.1. The van der Waals surface area contributed by atoms with E-state index in [1.165, 1.54) is 5.56 Å². The Morgan fingerprint density at radius 1 is 1.29 bits per heavy atom. The fraction of sp³-hybridized carbons (Fsp3) is 0.600. The number of hydrogen-bond acceptors (Lipinski definition) is 5. The third-order valence-electron chi connectivity index (χ3n) is 4.34. The van der Waals surface area contributed by atoms with Gasteiger partial charge in [0.2, 0.25) is 0 Å². The third kappa shape index (κ3) is 2.87. The van der Waals surface area contributed by atoms with Crippen molar-refractivity contribution in [3.05, 3.63) is 23.8 Å². The Labute approximate surface area is 125 Å². The van der Waals surface area contributed by atoms with Crippen molar-refractivity contribution in [3.63, 3.8) is 0 Å². The molecule has 6 heteroatoms. The number of rotatable bonds is 4. The van der Waals surface area contributed by atoms with E-state index in [2.05, 4.69) is 12.2 Å². The Kier molecular flexibility index (Phi) is 3.61. The fourth-order valence-corrected chi connectivity index (χ4v) is 4.19. The number of benzene rings is 1. The highest BCUT2D eigenvalue weighted by atomic mass is 32.2. The molecule has 1 atom stereocenters. The van der Waals surface area contributed by atoms with Gasteiger partial charge in [0.05, 0.1) is 18.6 Å². The molecule has 1 unspecified atom stereocenters. The lowest BCUT2D eigenvalue weighted by Crippen LogP contribution is -2.45. The van der Waals surface area contributed by atoms with Gasteiger partial charge in [0, 0.05) is 5.54 Å². The highest BCUT2D eigenvalue weighted by Gasteiger charge is 2.36. The number of methoxy groups -OCH3 is 1. The molecule has 21 heavy (non-hydrogen) atoms. The Morgan fingerprint density at radius 2 is 2.05 bits per heavy atom. The summed E-state index contributed by atoms with van der Waals surface area (Å²) < 4.78 is 33.5. The molecule has 0 aliphatic carbocycles. The monoisotopic (exact) mass is 311 g/mol.